The number of carbonyl (C=O) groups is 18. The molecule has 2 aliphatic rings. The highest BCUT2D eigenvalue weighted by Crippen LogP contribution is 2.26. The molecule has 0 unspecified atom stereocenters. The number of fused-ring (bicyclic) bond motifs is 2. The van der Waals surface area contributed by atoms with Crippen molar-refractivity contribution in [2.45, 2.75) is 231 Å². The van der Waals surface area contributed by atoms with Crippen molar-refractivity contribution in [3.05, 3.63) is 167 Å². The van der Waals surface area contributed by atoms with Gasteiger partial charge in [-0.1, -0.05) is 188 Å². The summed E-state index contributed by atoms with van der Waals surface area (Å²) in [5.41, 5.74) is 16.2. The molecule has 722 valence electrons. The maximum atomic E-state index is 15.5. The number of aryl methyl sites for hydroxylation is 1. The van der Waals surface area contributed by atoms with Crippen LogP contribution in [0, 0.1) is 30.6 Å². The highest BCUT2D eigenvalue weighted by atomic mass is 32.2. The number of nitrogens with two attached hydrogens (primary N) is 2. The summed E-state index contributed by atoms with van der Waals surface area (Å²) in [7, 11) is 1.31. The third-order valence-corrected chi connectivity index (χ3v) is 24.1. The van der Waals surface area contributed by atoms with Gasteiger partial charge in [0.15, 0.2) is 0 Å². The molecule has 0 saturated carbocycles. The minimum absolute atomic E-state index is 0.0243. The normalized spacial score (nSPS) is 23.9. The average molecular weight is 1870 g/mol. The van der Waals surface area contributed by atoms with Crippen molar-refractivity contribution < 1.29 is 96.5 Å². The van der Waals surface area contributed by atoms with E-state index < -0.39 is 240 Å². The molecule has 8 rings (SSSR count). The molecule has 5 aromatic carbocycles. The van der Waals surface area contributed by atoms with Crippen LogP contribution in [0.3, 0.4) is 0 Å². The molecule has 0 bridgehead atoms. The molecule has 1 aromatic heterocycles. The summed E-state index contributed by atoms with van der Waals surface area (Å²) in [4.78, 5) is 266. The molecule has 0 radical (unpaired) electrons. The Kier molecular flexibility index (Phi) is 39.7. The van der Waals surface area contributed by atoms with Crippen LogP contribution in [0.25, 0.3) is 22.0 Å². The number of H-pyrrole nitrogens is 1. The van der Waals surface area contributed by atoms with Gasteiger partial charge >= 0.3 is 5.97 Å². The average Bonchev–Trinajstić information content (AvgIpc) is 1.54. The van der Waals surface area contributed by atoms with Crippen molar-refractivity contribution in [1.82, 2.24) is 83.9 Å². The number of aromatic amines is 1. The number of aromatic nitrogens is 1. The van der Waals surface area contributed by atoms with Gasteiger partial charge in [0.2, 0.25) is 100 Å². The highest BCUT2D eigenvalue weighted by Gasteiger charge is 2.44. The number of carbonyl (C=O) groups excluding carboxylic acids is 17. The van der Waals surface area contributed by atoms with Crippen molar-refractivity contribution >= 4 is 129 Å². The third kappa shape index (κ3) is 31.3. The first kappa shape index (κ1) is 106. The zero-order chi connectivity index (χ0) is 98.5. The molecule has 134 heavy (non-hydrogen) atoms. The second kappa shape index (κ2) is 50.3. The van der Waals surface area contributed by atoms with E-state index in [0.717, 1.165) is 33.4 Å². The number of nitrogens with one attached hydrogen (secondary N) is 14. The molecule has 6 aromatic rings. The maximum Gasteiger partial charge on any atom is 0.305 e. The Morgan fingerprint density at radius 1 is 0.478 bits per heavy atom. The van der Waals surface area contributed by atoms with E-state index in [1.807, 2.05) is 42.5 Å². The summed E-state index contributed by atoms with van der Waals surface area (Å²) in [6, 6.07) is 14.8. The van der Waals surface area contributed by atoms with Gasteiger partial charge in [-0.05, 0) is 110 Å². The SMILES string of the molecule is Cc1cccc(C[C@@H]2NC(=O)[C@H](Cc3ccccc3)NC(=O)CSC[C@@H](C(=O)N[C@@H](C)C(N)=O)NC(=O)[C@H](CO)NC(=O)[C@H](C(C)C)NC(=O)[C@H](CC(C)C)NC(=O)[C@H](CC(N)=O)NC(=O)[C@H]3CCCN3C(=O)[C@H](C)N(C)C(=O)[C@H](C(C)C)NC(=O)[C@H](Cc3ccc(-c4ccccc4)cc3)NC(=O)[C@H](CC(C)C)NC(=O)[C@H](Cc3c[nH]c4ccccc34)NC(=O)[C@H](CC(=O)O)NC2=O)c1. The molecule has 0 spiro atoms. The maximum absolute atomic E-state index is 15.5. The van der Waals surface area contributed by atoms with E-state index in [2.05, 4.69) is 74.1 Å². The first-order chi connectivity index (χ1) is 63.5. The number of carboxylic acids is 1. The highest BCUT2D eigenvalue weighted by molar-refractivity contribution is 8.00. The first-order valence-electron chi connectivity index (χ1n) is 44.8. The molecule has 20 N–H and O–H groups in total. The molecule has 0 aliphatic carbocycles. The number of hydrogen-bond acceptors (Lipinski definition) is 20. The van der Waals surface area contributed by atoms with Gasteiger partial charge < -0.3 is 106 Å². The molecular weight excluding hydrogens is 1750 g/mol. The number of primary amides is 2. The van der Waals surface area contributed by atoms with Crippen molar-refractivity contribution in [3.8, 4) is 11.1 Å². The van der Waals surface area contributed by atoms with Crippen molar-refractivity contribution in [2.24, 2.45) is 35.1 Å². The van der Waals surface area contributed by atoms with Crippen LogP contribution in [0.4, 0.5) is 0 Å². The van der Waals surface area contributed by atoms with Crippen molar-refractivity contribution in [3.63, 3.8) is 0 Å². The molecule has 2 fully saturated rings. The van der Waals surface area contributed by atoms with E-state index in [-0.39, 0.29) is 69.7 Å². The second-order valence-corrected chi connectivity index (χ2v) is 36.5. The van der Waals surface area contributed by atoms with E-state index in [9.17, 15) is 63.0 Å². The number of para-hydroxylation sites is 1. The number of aliphatic hydroxyl groups excluding tert-OH is 1. The number of aliphatic carboxylic acids is 1. The Morgan fingerprint density at radius 2 is 0.933 bits per heavy atom. The molecule has 2 saturated heterocycles. The van der Waals surface area contributed by atoms with E-state index in [4.69, 9.17) is 11.5 Å². The van der Waals surface area contributed by atoms with Gasteiger partial charge in [-0.2, -0.15) is 0 Å². The van der Waals surface area contributed by atoms with E-state index in [1.165, 1.54) is 39.6 Å². The van der Waals surface area contributed by atoms with Crippen LogP contribution < -0.4 is 80.6 Å². The molecule has 15 atom stereocenters. The van der Waals surface area contributed by atoms with Crippen LogP contribution in [0.15, 0.2) is 140 Å². The van der Waals surface area contributed by atoms with Gasteiger partial charge in [0.05, 0.1) is 25.2 Å². The van der Waals surface area contributed by atoms with Crippen LogP contribution >= 0.6 is 11.8 Å². The predicted octanol–water partition coefficient (Wildman–Crippen LogP) is 0.553. The summed E-state index contributed by atoms with van der Waals surface area (Å²) in [5, 5.41) is 55.7. The Bertz CT molecular complexity index is 5190. The Balaban J connectivity index is 1.20. The smallest absolute Gasteiger partial charge is 0.305 e. The van der Waals surface area contributed by atoms with Gasteiger partial charge in [-0.3, -0.25) is 86.3 Å². The van der Waals surface area contributed by atoms with Crippen LogP contribution in [0.5, 0.6) is 0 Å². The lowest BCUT2D eigenvalue weighted by Crippen LogP contribution is -2.62. The van der Waals surface area contributed by atoms with Crippen molar-refractivity contribution in [2.75, 3.05) is 31.7 Å². The summed E-state index contributed by atoms with van der Waals surface area (Å²) in [5.74, 6) is -21.8. The van der Waals surface area contributed by atoms with Gasteiger partial charge in [0, 0.05) is 62.1 Å². The standard InChI is InChI=1S/C95H126N18O20S/c1-50(2)37-65-82(120)103-68(41-58-32-34-61(35-33-58)60-27-17-14-18-28-60)89(127)111-80(53(7)8)95(133)112(12)56(11)94(132)113-36-22-31-75(113)92(130)107-71(44-76(96)115)86(124)102-66(38-51(3)4)88(126)110-79(52(5)6)93(131)108-73(47-114)90(128)109-74(91(129)99-55(10)81(97)119)48-134-49-77(116)100-67(40-57-24-15-13-16-25-57)83(121)104-69(42-59-26-21-23-54(9)39-59)84(122)106-72(45-78(117)118)87(125)105-70(85(123)101-65)43-62-46-98-64-30-20-19-29-63(62)64/h13-21,23-30,32-35,39,46,50-53,55-56,65-75,79-80,98,114H,22,31,36-38,40-45,47-49H2,1-12H3,(H2,96,115)(H2,97,119)(H,99,129)(H,100,116)(H,101,123)(H,102,124)(H,103,120)(H,104,121)(H,105,125)(H,106,122)(H,107,130)(H,108,131)(H,109,128)(H,110,126)(H,111,127)(H,117,118)/t55-,56-,65-,66-,67-,68-,69-,70-,71-,72-,73-,74-,75+,79-,80-/m0/s1. The number of rotatable bonds is 23. The molecule has 38 nitrogen and oxygen atoms in total. The fraction of sp³-hybridized carbons (Fsp3) is 0.474. The number of likely N-dealkylation sites (N-methyl/N-ethyl adjacent to an activating group) is 1. The summed E-state index contributed by atoms with van der Waals surface area (Å²) >= 11 is 0.727. The fourth-order valence-electron chi connectivity index (χ4n) is 15.6. The van der Waals surface area contributed by atoms with Crippen LogP contribution in [-0.4, -0.2) is 254 Å². The zero-order valence-electron chi connectivity index (χ0n) is 77.3. The number of benzene rings is 5. The van der Waals surface area contributed by atoms with Crippen molar-refractivity contribution in [1.29, 1.82) is 0 Å². The van der Waals surface area contributed by atoms with Crippen LogP contribution in [0.2, 0.25) is 0 Å². The molecule has 39 heteroatoms. The summed E-state index contributed by atoms with van der Waals surface area (Å²) in [6.45, 7) is 16.5. The Hall–Kier alpha value is -13.6. The first-order valence-corrected chi connectivity index (χ1v) is 45.9. The molecular formula is C95H126N18O20S. The number of carboxylic acid groups (broad SMARTS) is 1. The lowest BCUT2D eigenvalue weighted by molar-refractivity contribution is -0.148. The van der Waals surface area contributed by atoms with Crippen LogP contribution in [0.1, 0.15) is 136 Å². The minimum atomic E-state index is -2.02. The van der Waals surface area contributed by atoms with Gasteiger partial charge in [-0.15, -0.1) is 11.8 Å². The van der Waals surface area contributed by atoms with Crippen LogP contribution in [-0.2, 0) is 112 Å². The van der Waals surface area contributed by atoms with Gasteiger partial charge in [-0.25, -0.2) is 0 Å². The van der Waals surface area contributed by atoms with E-state index in [1.54, 1.807) is 146 Å². The zero-order valence-corrected chi connectivity index (χ0v) is 78.2. The predicted molar refractivity (Wildman–Crippen MR) is 499 cm³/mol. The monoisotopic (exact) mass is 1870 g/mol. The lowest BCUT2D eigenvalue weighted by atomic mass is 9.97. The van der Waals surface area contributed by atoms with Gasteiger partial charge in [0.1, 0.15) is 90.6 Å². The second-order valence-electron chi connectivity index (χ2n) is 35.5. The third-order valence-electron chi connectivity index (χ3n) is 23.0. The van der Waals surface area contributed by atoms with E-state index >= 15 is 33.6 Å². The number of thioether (sulfide) groups is 1. The number of aliphatic hydroxyl groups is 1. The summed E-state index contributed by atoms with van der Waals surface area (Å²) < 4.78 is 0. The number of hydrogen-bond donors (Lipinski definition) is 18. The quantitative estimate of drug-likeness (QED) is 0.0416. The Morgan fingerprint density at radius 3 is 1.49 bits per heavy atom. The molecule has 17 amide bonds. The summed E-state index contributed by atoms with van der Waals surface area (Å²) in [6.07, 6.45) is -1.40. The Labute approximate surface area is 781 Å². The largest absolute Gasteiger partial charge is 0.481 e. The van der Waals surface area contributed by atoms with E-state index in [0.29, 0.717) is 33.2 Å². The fourth-order valence-corrected chi connectivity index (χ4v) is 16.4. The molecule has 3 heterocycles. The molecule has 2 aliphatic heterocycles. The number of nitrogens with zero attached hydrogens (tertiary/aromatic N) is 2. The number of amides is 17. The minimum Gasteiger partial charge on any atom is -0.481 e. The topological polar surface area (TPSA) is 578 Å². The van der Waals surface area contributed by atoms with Gasteiger partial charge in [0.25, 0.3) is 0 Å². The lowest BCUT2D eigenvalue weighted by Gasteiger charge is -2.34.